The van der Waals surface area contributed by atoms with Crippen LogP contribution in [0.3, 0.4) is 0 Å². The van der Waals surface area contributed by atoms with Gasteiger partial charge in [0.2, 0.25) is 0 Å². The van der Waals surface area contributed by atoms with Gasteiger partial charge in [0.05, 0.1) is 5.69 Å². The predicted octanol–water partition coefficient (Wildman–Crippen LogP) is 2.54. The van der Waals surface area contributed by atoms with Gasteiger partial charge < -0.3 is 5.32 Å². The molecule has 136 valence electrons. The lowest BCUT2D eigenvalue weighted by Gasteiger charge is -2.36. The summed E-state index contributed by atoms with van der Waals surface area (Å²) in [5, 5.41) is 7.73. The van der Waals surface area contributed by atoms with Crippen molar-refractivity contribution in [2.45, 2.75) is 19.5 Å². The molecule has 0 radical (unpaired) electrons. The smallest absolute Gasteiger partial charge is 0.138 e. The molecular formula is C19H23ClN6. The Hall–Kier alpha value is -2.28. The Bertz CT molecular complexity index is 821. The van der Waals surface area contributed by atoms with Crippen molar-refractivity contribution in [2.75, 3.05) is 19.6 Å². The van der Waals surface area contributed by atoms with Gasteiger partial charge >= 0.3 is 0 Å². The van der Waals surface area contributed by atoms with Crippen molar-refractivity contribution in [3.05, 3.63) is 72.1 Å². The fraction of sp³-hybridized carbons (Fsp3) is 0.316. The number of aryl methyl sites for hydroxylation is 1. The Labute approximate surface area is 159 Å². The second-order valence-corrected chi connectivity index (χ2v) is 6.43. The Morgan fingerprint density at radius 3 is 2.73 bits per heavy atom. The third-order valence-electron chi connectivity index (χ3n) is 4.76. The van der Waals surface area contributed by atoms with Gasteiger partial charge in [0.1, 0.15) is 12.7 Å². The molecule has 7 heteroatoms. The molecule has 0 aliphatic carbocycles. The van der Waals surface area contributed by atoms with Gasteiger partial charge in [-0.2, -0.15) is 5.10 Å². The van der Waals surface area contributed by atoms with E-state index in [1.807, 2.05) is 17.1 Å². The summed E-state index contributed by atoms with van der Waals surface area (Å²) >= 11 is 0. The van der Waals surface area contributed by atoms with Gasteiger partial charge in [-0.1, -0.05) is 12.1 Å². The van der Waals surface area contributed by atoms with Gasteiger partial charge in [-0.15, -0.1) is 12.4 Å². The molecule has 1 aliphatic rings. The molecule has 4 rings (SSSR count). The van der Waals surface area contributed by atoms with Crippen molar-refractivity contribution in [1.29, 1.82) is 0 Å². The third-order valence-corrected chi connectivity index (χ3v) is 4.76. The molecule has 0 amide bonds. The Kier molecular flexibility index (Phi) is 5.98. The van der Waals surface area contributed by atoms with Gasteiger partial charge in [-0.3, -0.25) is 9.88 Å². The number of aromatic nitrogens is 4. The average molecular weight is 371 g/mol. The van der Waals surface area contributed by atoms with Crippen molar-refractivity contribution in [1.82, 2.24) is 30.0 Å². The summed E-state index contributed by atoms with van der Waals surface area (Å²) in [5.74, 6) is 0. The maximum Gasteiger partial charge on any atom is 0.138 e. The van der Waals surface area contributed by atoms with Crippen LogP contribution < -0.4 is 5.32 Å². The highest BCUT2D eigenvalue weighted by Crippen LogP contribution is 2.24. The summed E-state index contributed by atoms with van der Waals surface area (Å²) in [6.45, 7) is 6.10. The van der Waals surface area contributed by atoms with E-state index in [0.29, 0.717) is 6.04 Å². The SMILES string of the molecule is Cc1cc(CN2CCNCC2c2ccncc2)ccc1-n1cncn1.Cl. The minimum absolute atomic E-state index is 0. The summed E-state index contributed by atoms with van der Waals surface area (Å²) in [4.78, 5) is 10.7. The van der Waals surface area contributed by atoms with E-state index in [1.165, 1.54) is 16.7 Å². The number of halogens is 1. The van der Waals surface area contributed by atoms with Crippen molar-refractivity contribution < 1.29 is 0 Å². The zero-order valence-corrected chi connectivity index (χ0v) is 15.6. The van der Waals surface area contributed by atoms with Gasteiger partial charge in [0.15, 0.2) is 0 Å². The summed E-state index contributed by atoms with van der Waals surface area (Å²) in [6.07, 6.45) is 7.05. The molecule has 3 aromatic rings. The maximum atomic E-state index is 4.23. The van der Waals surface area contributed by atoms with Crippen LogP contribution in [0.2, 0.25) is 0 Å². The number of hydrogen-bond acceptors (Lipinski definition) is 5. The van der Waals surface area contributed by atoms with E-state index in [0.717, 1.165) is 31.9 Å². The minimum Gasteiger partial charge on any atom is -0.314 e. The number of pyridine rings is 1. The lowest BCUT2D eigenvalue weighted by Crippen LogP contribution is -2.45. The molecule has 6 nitrogen and oxygen atoms in total. The molecule has 0 spiro atoms. The molecular weight excluding hydrogens is 348 g/mol. The van der Waals surface area contributed by atoms with Gasteiger partial charge in [0.25, 0.3) is 0 Å². The summed E-state index contributed by atoms with van der Waals surface area (Å²) in [5.41, 5.74) is 4.92. The Balaban J connectivity index is 0.00000196. The van der Waals surface area contributed by atoms with Crippen molar-refractivity contribution >= 4 is 12.4 Å². The van der Waals surface area contributed by atoms with Gasteiger partial charge in [-0.05, 0) is 41.8 Å². The monoisotopic (exact) mass is 370 g/mol. The zero-order valence-electron chi connectivity index (χ0n) is 14.7. The Morgan fingerprint density at radius 1 is 1.15 bits per heavy atom. The zero-order chi connectivity index (χ0) is 17.1. The molecule has 1 unspecified atom stereocenters. The number of piperazine rings is 1. The molecule has 1 N–H and O–H groups in total. The van der Waals surface area contributed by atoms with Crippen molar-refractivity contribution in [3.63, 3.8) is 0 Å². The van der Waals surface area contributed by atoms with Crippen molar-refractivity contribution in [2.24, 2.45) is 0 Å². The minimum atomic E-state index is 0. The highest BCUT2D eigenvalue weighted by Gasteiger charge is 2.23. The fourth-order valence-corrected chi connectivity index (χ4v) is 3.49. The maximum absolute atomic E-state index is 4.23. The van der Waals surface area contributed by atoms with E-state index >= 15 is 0 Å². The second-order valence-electron chi connectivity index (χ2n) is 6.43. The third kappa shape index (κ3) is 3.93. The normalized spacial score (nSPS) is 17.7. The lowest BCUT2D eigenvalue weighted by atomic mass is 10.0. The summed E-state index contributed by atoms with van der Waals surface area (Å²) < 4.78 is 1.81. The molecule has 0 bridgehead atoms. The molecule has 26 heavy (non-hydrogen) atoms. The average Bonchev–Trinajstić information content (AvgIpc) is 3.17. The van der Waals surface area contributed by atoms with Crippen LogP contribution in [0.4, 0.5) is 0 Å². The van der Waals surface area contributed by atoms with E-state index in [2.05, 4.69) is 62.5 Å². The fourth-order valence-electron chi connectivity index (χ4n) is 3.49. The quantitative estimate of drug-likeness (QED) is 0.764. The van der Waals surface area contributed by atoms with Crippen LogP contribution in [-0.2, 0) is 6.54 Å². The topological polar surface area (TPSA) is 58.9 Å². The Morgan fingerprint density at radius 2 is 2.00 bits per heavy atom. The standard InChI is InChI=1S/C19H22N6.ClH/c1-15-10-16(2-3-18(15)25-14-22-13-23-25)12-24-9-8-21-11-19(24)17-4-6-20-7-5-17;/h2-7,10,13-14,19,21H,8-9,11-12H2,1H3;1H. The van der Waals surface area contributed by atoms with Gasteiger partial charge in [0, 0.05) is 44.6 Å². The number of nitrogens with zero attached hydrogens (tertiary/aromatic N) is 5. The van der Waals surface area contributed by atoms with Gasteiger partial charge in [-0.25, -0.2) is 9.67 Å². The molecule has 1 fully saturated rings. The van der Waals surface area contributed by atoms with E-state index in [9.17, 15) is 0 Å². The number of rotatable bonds is 4. The van der Waals surface area contributed by atoms with Crippen LogP contribution in [-0.4, -0.2) is 44.3 Å². The molecule has 1 saturated heterocycles. The van der Waals surface area contributed by atoms with Crippen molar-refractivity contribution in [3.8, 4) is 5.69 Å². The van der Waals surface area contributed by atoms with E-state index in [-0.39, 0.29) is 12.4 Å². The van der Waals surface area contributed by atoms with Crippen LogP contribution in [0.15, 0.2) is 55.4 Å². The van der Waals surface area contributed by atoms with Crippen LogP contribution >= 0.6 is 12.4 Å². The first-order valence-electron chi connectivity index (χ1n) is 8.60. The number of benzene rings is 1. The highest BCUT2D eigenvalue weighted by atomic mass is 35.5. The largest absolute Gasteiger partial charge is 0.314 e. The molecule has 1 aliphatic heterocycles. The highest BCUT2D eigenvalue weighted by molar-refractivity contribution is 5.85. The molecule has 3 heterocycles. The first-order valence-corrected chi connectivity index (χ1v) is 8.60. The van der Waals surface area contributed by atoms with Crippen LogP contribution in [0, 0.1) is 6.92 Å². The van der Waals surface area contributed by atoms with Crippen LogP contribution in [0.1, 0.15) is 22.7 Å². The van der Waals surface area contributed by atoms with E-state index in [1.54, 1.807) is 12.7 Å². The van der Waals surface area contributed by atoms with Crippen LogP contribution in [0.5, 0.6) is 0 Å². The molecule has 1 atom stereocenters. The van der Waals surface area contributed by atoms with E-state index in [4.69, 9.17) is 0 Å². The first kappa shape index (κ1) is 18.5. The first-order chi connectivity index (χ1) is 12.3. The number of nitrogens with one attached hydrogen (secondary N) is 1. The second kappa shape index (κ2) is 8.40. The number of hydrogen-bond donors (Lipinski definition) is 1. The summed E-state index contributed by atoms with van der Waals surface area (Å²) in [6, 6.07) is 11.2. The summed E-state index contributed by atoms with van der Waals surface area (Å²) in [7, 11) is 0. The molecule has 1 aromatic carbocycles. The lowest BCUT2D eigenvalue weighted by molar-refractivity contribution is 0.153. The molecule has 2 aromatic heterocycles. The predicted molar refractivity (Wildman–Crippen MR) is 104 cm³/mol. The van der Waals surface area contributed by atoms with E-state index < -0.39 is 0 Å². The van der Waals surface area contributed by atoms with Crippen LogP contribution in [0.25, 0.3) is 5.69 Å². The molecule has 0 saturated carbocycles.